The summed E-state index contributed by atoms with van der Waals surface area (Å²) in [4.78, 5) is 3.11. The summed E-state index contributed by atoms with van der Waals surface area (Å²) in [7, 11) is 0. The van der Waals surface area contributed by atoms with Crippen LogP contribution in [0.2, 0.25) is 0 Å². The van der Waals surface area contributed by atoms with Crippen LogP contribution in [0.15, 0.2) is 30.5 Å². The Labute approximate surface area is 70.8 Å². The van der Waals surface area contributed by atoms with Crippen LogP contribution in [0.25, 0.3) is 10.9 Å². The van der Waals surface area contributed by atoms with Gasteiger partial charge in [0.15, 0.2) is 0 Å². The van der Waals surface area contributed by atoms with Crippen LogP contribution in [0.4, 0.5) is 0 Å². The molecule has 0 spiro atoms. The van der Waals surface area contributed by atoms with E-state index in [1.165, 1.54) is 0 Å². The highest BCUT2D eigenvalue weighted by Crippen LogP contribution is 2.22. The van der Waals surface area contributed by atoms with Gasteiger partial charge in [-0.05, 0) is 13.0 Å². The van der Waals surface area contributed by atoms with Crippen molar-refractivity contribution in [1.82, 2.24) is 4.98 Å². The van der Waals surface area contributed by atoms with E-state index in [2.05, 4.69) is 4.98 Å². The van der Waals surface area contributed by atoms with Crippen LogP contribution in [0.5, 0.6) is 0 Å². The first-order valence-corrected chi connectivity index (χ1v) is 4.03. The molecule has 1 aromatic carbocycles. The molecule has 12 heavy (non-hydrogen) atoms. The van der Waals surface area contributed by atoms with Crippen molar-refractivity contribution in [2.45, 2.75) is 13.0 Å². The number of aliphatic hydroxyl groups excluding tert-OH is 1. The van der Waals surface area contributed by atoms with Crippen molar-refractivity contribution in [3.05, 3.63) is 36.0 Å². The number of hydrogen-bond donors (Lipinski definition) is 2. The molecule has 0 aliphatic heterocycles. The Morgan fingerprint density at radius 2 is 2.08 bits per heavy atom. The second-order valence-corrected chi connectivity index (χ2v) is 2.97. The van der Waals surface area contributed by atoms with Crippen molar-refractivity contribution in [1.29, 1.82) is 0 Å². The van der Waals surface area contributed by atoms with Crippen molar-refractivity contribution in [2.24, 2.45) is 0 Å². The molecule has 62 valence electrons. The lowest BCUT2D eigenvalue weighted by atomic mass is 10.1. The zero-order valence-corrected chi connectivity index (χ0v) is 6.91. The molecule has 0 aliphatic carbocycles. The molecule has 2 aromatic rings. The van der Waals surface area contributed by atoms with Crippen LogP contribution in [0, 0.1) is 0 Å². The van der Waals surface area contributed by atoms with Gasteiger partial charge >= 0.3 is 0 Å². The summed E-state index contributed by atoms with van der Waals surface area (Å²) in [6.07, 6.45) is 1.45. The maximum Gasteiger partial charge on any atom is 0.0782 e. The molecule has 0 saturated heterocycles. The second kappa shape index (κ2) is 2.64. The highest BCUT2D eigenvalue weighted by molar-refractivity contribution is 5.83. The van der Waals surface area contributed by atoms with Crippen LogP contribution in [0.1, 0.15) is 18.6 Å². The maximum absolute atomic E-state index is 9.39. The molecule has 0 bridgehead atoms. The number of hydrogen-bond acceptors (Lipinski definition) is 1. The number of aromatic nitrogens is 1. The minimum absolute atomic E-state index is 0.402. The van der Waals surface area contributed by atoms with Gasteiger partial charge in [-0.2, -0.15) is 0 Å². The lowest BCUT2D eigenvalue weighted by Gasteiger charge is -2.00. The Kier molecular flexibility index (Phi) is 1.62. The fourth-order valence-electron chi connectivity index (χ4n) is 1.44. The maximum atomic E-state index is 9.39. The number of fused-ring (bicyclic) bond motifs is 1. The van der Waals surface area contributed by atoms with E-state index >= 15 is 0 Å². The molecule has 2 rings (SSSR count). The number of aromatic amines is 1. The fraction of sp³-hybridized carbons (Fsp3) is 0.200. The molecule has 2 N–H and O–H groups in total. The highest BCUT2D eigenvalue weighted by atomic mass is 16.3. The van der Waals surface area contributed by atoms with E-state index in [1.54, 1.807) is 6.92 Å². The van der Waals surface area contributed by atoms with Crippen LogP contribution in [-0.2, 0) is 0 Å². The molecule has 1 aromatic heterocycles. The molecule has 2 nitrogen and oxygen atoms in total. The predicted molar refractivity (Wildman–Crippen MR) is 48.9 cm³/mol. The van der Waals surface area contributed by atoms with Gasteiger partial charge in [0.25, 0.3) is 0 Å². The molecule has 0 amide bonds. The van der Waals surface area contributed by atoms with E-state index in [9.17, 15) is 5.11 Å². The zero-order valence-electron chi connectivity index (χ0n) is 6.91. The monoisotopic (exact) mass is 161 g/mol. The molecule has 0 radical (unpaired) electrons. The smallest absolute Gasteiger partial charge is 0.0782 e. The minimum atomic E-state index is -0.402. The first kappa shape index (κ1) is 7.37. The quantitative estimate of drug-likeness (QED) is 0.661. The van der Waals surface area contributed by atoms with Crippen molar-refractivity contribution < 1.29 is 5.11 Å². The number of benzene rings is 1. The lowest BCUT2D eigenvalue weighted by Crippen LogP contribution is -1.87. The van der Waals surface area contributed by atoms with Gasteiger partial charge in [-0.1, -0.05) is 18.2 Å². The van der Waals surface area contributed by atoms with Gasteiger partial charge in [0, 0.05) is 22.7 Å². The molecule has 0 unspecified atom stereocenters. The standard InChI is InChI=1S/C10H11NO/c1-7(12)9-6-11-10-5-3-2-4-8(9)10/h2-7,11-12H,1H3/t7-/m0/s1. The number of rotatable bonds is 1. The molecule has 0 saturated carbocycles. The number of para-hydroxylation sites is 1. The van der Waals surface area contributed by atoms with E-state index in [-0.39, 0.29) is 0 Å². The number of nitrogens with one attached hydrogen (secondary N) is 1. The SMILES string of the molecule is C[C@H](O)c1c[nH]c2ccccc12. The van der Waals surface area contributed by atoms with Crippen molar-refractivity contribution in [3.8, 4) is 0 Å². The second-order valence-electron chi connectivity index (χ2n) is 2.97. The number of H-pyrrole nitrogens is 1. The van der Waals surface area contributed by atoms with Crippen LogP contribution in [0.3, 0.4) is 0 Å². The summed E-state index contributed by atoms with van der Waals surface area (Å²) in [6.45, 7) is 1.77. The van der Waals surface area contributed by atoms with Crippen molar-refractivity contribution in [2.75, 3.05) is 0 Å². The van der Waals surface area contributed by atoms with Gasteiger partial charge in [-0.15, -0.1) is 0 Å². The molecule has 2 heteroatoms. The summed E-state index contributed by atoms with van der Waals surface area (Å²) in [5.74, 6) is 0. The van der Waals surface area contributed by atoms with Gasteiger partial charge in [0.1, 0.15) is 0 Å². The minimum Gasteiger partial charge on any atom is -0.389 e. The third-order valence-electron chi connectivity index (χ3n) is 2.07. The topological polar surface area (TPSA) is 36.0 Å². The Morgan fingerprint density at radius 3 is 2.83 bits per heavy atom. The van der Waals surface area contributed by atoms with E-state index < -0.39 is 6.10 Å². The van der Waals surface area contributed by atoms with E-state index in [4.69, 9.17) is 0 Å². The van der Waals surface area contributed by atoms with E-state index in [0.717, 1.165) is 16.5 Å². The third-order valence-corrected chi connectivity index (χ3v) is 2.07. The average Bonchev–Trinajstić information content (AvgIpc) is 2.47. The predicted octanol–water partition coefficient (Wildman–Crippen LogP) is 2.22. The first-order valence-electron chi connectivity index (χ1n) is 4.03. The van der Waals surface area contributed by atoms with Gasteiger partial charge in [0.2, 0.25) is 0 Å². The molecule has 0 aliphatic rings. The first-order chi connectivity index (χ1) is 5.79. The Bertz CT molecular complexity index is 389. The fourth-order valence-corrected chi connectivity index (χ4v) is 1.44. The number of aliphatic hydroxyl groups is 1. The van der Waals surface area contributed by atoms with Crippen LogP contribution in [-0.4, -0.2) is 10.1 Å². The zero-order chi connectivity index (χ0) is 8.55. The van der Waals surface area contributed by atoms with Crippen molar-refractivity contribution >= 4 is 10.9 Å². The normalized spacial score (nSPS) is 13.5. The summed E-state index contributed by atoms with van der Waals surface area (Å²) in [5.41, 5.74) is 2.04. The largest absolute Gasteiger partial charge is 0.389 e. The van der Waals surface area contributed by atoms with Crippen LogP contribution < -0.4 is 0 Å². The van der Waals surface area contributed by atoms with E-state index in [1.807, 2.05) is 30.5 Å². The lowest BCUT2D eigenvalue weighted by molar-refractivity contribution is 0.201. The Balaban J connectivity index is 2.70. The molecule has 1 heterocycles. The highest BCUT2D eigenvalue weighted by Gasteiger charge is 2.06. The van der Waals surface area contributed by atoms with Gasteiger partial charge in [-0.3, -0.25) is 0 Å². The summed E-state index contributed by atoms with van der Waals surface area (Å²) in [6, 6.07) is 7.96. The summed E-state index contributed by atoms with van der Waals surface area (Å²) < 4.78 is 0. The third kappa shape index (κ3) is 1.01. The van der Waals surface area contributed by atoms with Gasteiger partial charge < -0.3 is 10.1 Å². The Hall–Kier alpha value is -1.28. The summed E-state index contributed by atoms with van der Waals surface area (Å²) >= 11 is 0. The molecule has 1 atom stereocenters. The van der Waals surface area contributed by atoms with Crippen LogP contribution >= 0.6 is 0 Å². The molecular formula is C10H11NO. The van der Waals surface area contributed by atoms with Crippen molar-refractivity contribution in [3.63, 3.8) is 0 Å². The Morgan fingerprint density at radius 1 is 1.33 bits per heavy atom. The molecular weight excluding hydrogens is 150 g/mol. The molecule has 0 fully saturated rings. The van der Waals surface area contributed by atoms with Gasteiger partial charge in [0.05, 0.1) is 6.10 Å². The van der Waals surface area contributed by atoms with Gasteiger partial charge in [-0.25, -0.2) is 0 Å². The summed E-state index contributed by atoms with van der Waals surface area (Å²) in [5, 5.41) is 10.5. The van der Waals surface area contributed by atoms with E-state index in [0.29, 0.717) is 0 Å². The average molecular weight is 161 g/mol.